The number of anilines is 1. The zero-order valence-electron chi connectivity index (χ0n) is 12.5. The van der Waals surface area contributed by atoms with Crippen LogP contribution in [0.5, 0.6) is 0 Å². The van der Waals surface area contributed by atoms with Gasteiger partial charge in [0.1, 0.15) is 5.82 Å². The van der Waals surface area contributed by atoms with Crippen LogP contribution in [0.25, 0.3) is 0 Å². The number of hydrogen-bond donors (Lipinski definition) is 1. The van der Waals surface area contributed by atoms with Crippen molar-refractivity contribution >= 4 is 17.3 Å². The van der Waals surface area contributed by atoms with Gasteiger partial charge in [-0.05, 0) is 49.1 Å². The molecule has 0 aliphatic rings. The van der Waals surface area contributed by atoms with Gasteiger partial charge in [0.25, 0.3) is 0 Å². The van der Waals surface area contributed by atoms with Crippen LogP contribution >= 0.6 is 11.6 Å². The molecular formula is C18H21ClFN. The lowest BCUT2D eigenvalue weighted by atomic mass is 10.0. The van der Waals surface area contributed by atoms with Gasteiger partial charge in [0, 0.05) is 11.1 Å². The van der Waals surface area contributed by atoms with Crippen LogP contribution in [0.4, 0.5) is 10.1 Å². The summed E-state index contributed by atoms with van der Waals surface area (Å²) >= 11 is 5.91. The Balaban J connectivity index is 2.05. The molecule has 0 heterocycles. The lowest BCUT2D eigenvalue weighted by Crippen LogP contribution is -2.08. The molecule has 1 unspecified atom stereocenters. The second-order valence-electron chi connectivity index (χ2n) is 5.34. The number of aryl methyl sites for hydroxylation is 1. The molecular weight excluding hydrogens is 285 g/mol. The van der Waals surface area contributed by atoms with Gasteiger partial charge in [-0.1, -0.05) is 49.2 Å². The normalized spacial score (nSPS) is 12.2. The highest BCUT2D eigenvalue weighted by atomic mass is 35.5. The van der Waals surface area contributed by atoms with Gasteiger partial charge in [-0.3, -0.25) is 0 Å². The summed E-state index contributed by atoms with van der Waals surface area (Å²) in [6.07, 6.45) is 3.52. The molecule has 0 fully saturated rings. The minimum atomic E-state index is -0.286. The van der Waals surface area contributed by atoms with E-state index in [2.05, 4.69) is 36.5 Å². The summed E-state index contributed by atoms with van der Waals surface area (Å²) in [5.41, 5.74) is 2.92. The number of benzene rings is 2. The maximum Gasteiger partial charge on any atom is 0.146 e. The molecule has 0 radical (unpaired) electrons. The molecule has 0 saturated heterocycles. The van der Waals surface area contributed by atoms with Gasteiger partial charge in [-0.25, -0.2) is 4.39 Å². The molecule has 3 heteroatoms. The van der Waals surface area contributed by atoms with E-state index < -0.39 is 0 Å². The quantitative estimate of drug-likeness (QED) is 0.690. The van der Waals surface area contributed by atoms with Crippen LogP contribution in [-0.2, 0) is 6.42 Å². The summed E-state index contributed by atoms with van der Waals surface area (Å²) < 4.78 is 13.7. The minimum absolute atomic E-state index is 0.0261. The summed E-state index contributed by atoms with van der Waals surface area (Å²) in [4.78, 5) is 0. The minimum Gasteiger partial charge on any atom is -0.376 e. The molecule has 112 valence electrons. The van der Waals surface area contributed by atoms with Crippen molar-refractivity contribution < 1.29 is 4.39 Å². The largest absolute Gasteiger partial charge is 0.376 e. The van der Waals surface area contributed by atoms with Gasteiger partial charge in [-0.15, -0.1) is 0 Å². The van der Waals surface area contributed by atoms with Gasteiger partial charge >= 0.3 is 0 Å². The third-order valence-corrected chi connectivity index (χ3v) is 3.83. The highest BCUT2D eigenvalue weighted by Gasteiger charge is 2.09. The van der Waals surface area contributed by atoms with Crippen LogP contribution in [0.1, 0.15) is 43.9 Å². The van der Waals surface area contributed by atoms with E-state index in [1.807, 2.05) is 6.92 Å². The van der Waals surface area contributed by atoms with E-state index in [0.717, 1.165) is 12.0 Å². The molecule has 1 nitrogen and oxygen atoms in total. The van der Waals surface area contributed by atoms with Gasteiger partial charge in [0.15, 0.2) is 0 Å². The molecule has 2 aromatic rings. The predicted molar refractivity (Wildman–Crippen MR) is 88.5 cm³/mol. The third-order valence-electron chi connectivity index (χ3n) is 3.60. The Kier molecular flexibility index (Phi) is 5.63. The Hall–Kier alpha value is -1.54. The van der Waals surface area contributed by atoms with Crippen molar-refractivity contribution in [1.82, 2.24) is 0 Å². The smallest absolute Gasteiger partial charge is 0.146 e. The number of nitrogens with one attached hydrogen (secondary N) is 1. The first-order valence-corrected chi connectivity index (χ1v) is 7.78. The van der Waals surface area contributed by atoms with Crippen molar-refractivity contribution in [3.8, 4) is 0 Å². The lowest BCUT2D eigenvalue weighted by Gasteiger charge is -2.17. The fraction of sp³-hybridized carbons (Fsp3) is 0.333. The van der Waals surface area contributed by atoms with Crippen LogP contribution in [0.2, 0.25) is 5.02 Å². The van der Waals surface area contributed by atoms with Crippen molar-refractivity contribution in [3.05, 3.63) is 64.4 Å². The second-order valence-corrected chi connectivity index (χ2v) is 5.77. The highest BCUT2D eigenvalue weighted by molar-refractivity contribution is 6.30. The summed E-state index contributed by atoms with van der Waals surface area (Å²) in [7, 11) is 0. The molecule has 2 rings (SSSR count). The molecule has 2 aromatic carbocycles. The standard InChI is InChI=1S/C18H21ClFN/c1-3-4-5-14-6-8-15(9-7-14)13(2)21-18-12-16(19)10-11-17(18)20/h6-13,21H,3-5H2,1-2H3. The highest BCUT2D eigenvalue weighted by Crippen LogP contribution is 2.25. The average molecular weight is 306 g/mol. The van der Waals surface area contributed by atoms with Crippen LogP contribution in [0.3, 0.4) is 0 Å². The second kappa shape index (κ2) is 7.46. The van der Waals surface area contributed by atoms with E-state index in [-0.39, 0.29) is 11.9 Å². The van der Waals surface area contributed by atoms with Crippen molar-refractivity contribution in [1.29, 1.82) is 0 Å². The fourth-order valence-electron chi connectivity index (χ4n) is 2.28. The first kappa shape index (κ1) is 15.8. The molecule has 0 spiro atoms. The first-order chi connectivity index (χ1) is 10.1. The van der Waals surface area contributed by atoms with Crippen LogP contribution in [0, 0.1) is 5.82 Å². The molecule has 1 atom stereocenters. The van der Waals surface area contributed by atoms with E-state index in [1.54, 1.807) is 12.1 Å². The molecule has 0 bridgehead atoms. The Morgan fingerprint density at radius 1 is 1.14 bits per heavy atom. The van der Waals surface area contributed by atoms with E-state index in [1.165, 1.54) is 24.5 Å². The predicted octanol–water partition coefficient (Wildman–Crippen LogP) is 5.99. The van der Waals surface area contributed by atoms with Crippen LogP contribution < -0.4 is 5.32 Å². The number of hydrogen-bond acceptors (Lipinski definition) is 1. The Morgan fingerprint density at radius 2 is 1.86 bits per heavy atom. The van der Waals surface area contributed by atoms with E-state index in [0.29, 0.717) is 10.7 Å². The monoisotopic (exact) mass is 305 g/mol. The zero-order valence-corrected chi connectivity index (χ0v) is 13.3. The maximum absolute atomic E-state index is 13.7. The Bertz CT molecular complexity index is 580. The molecule has 0 aromatic heterocycles. The van der Waals surface area contributed by atoms with Crippen molar-refractivity contribution in [2.45, 2.75) is 39.2 Å². The van der Waals surface area contributed by atoms with Gasteiger partial charge in [0.2, 0.25) is 0 Å². The first-order valence-electron chi connectivity index (χ1n) is 7.40. The van der Waals surface area contributed by atoms with Gasteiger partial charge in [-0.2, -0.15) is 0 Å². The summed E-state index contributed by atoms with van der Waals surface area (Å²) in [5.74, 6) is -0.286. The number of unbranched alkanes of at least 4 members (excludes halogenated alkanes) is 1. The van der Waals surface area contributed by atoms with Gasteiger partial charge < -0.3 is 5.32 Å². The van der Waals surface area contributed by atoms with Crippen molar-refractivity contribution in [2.75, 3.05) is 5.32 Å². The summed E-state index contributed by atoms with van der Waals surface area (Å²) in [5, 5.41) is 3.70. The summed E-state index contributed by atoms with van der Waals surface area (Å²) in [6.45, 7) is 4.21. The summed E-state index contributed by atoms with van der Waals surface area (Å²) in [6, 6.07) is 13.1. The molecule has 0 aliphatic heterocycles. The van der Waals surface area contributed by atoms with E-state index in [4.69, 9.17) is 11.6 Å². The topological polar surface area (TPSA) is 12.0 Å². The Morgan fingerprint density at radius 3 is 2.52 bits per heavy atom. The fourth-order valence-corrected chi connectivity index (χ4v) is 2.45. The van der Waals surface area contributed by atoms with Crippen LogP contribution in [-0.4, -0.2) is 0 Å². The Labute approximate surface area is 131 Å². The maximum atomic E-state index is 13.7. The van der Waals surface area contributed by atoms with E-state index >= 15 is 0 Å². The molecule has 0 saturated carbocycles. The lowest BCUT2D eigenvalue weighted by molar-refractivity contribution is 0.627. The van der Waals surface area contributed by atoms with E-state index in [9.17, 15) is 4.39 Å². The number of rotatable bonds is 6. The van der Waals surface area contributed by atoms with Crippen LogP contribution in [0.15, 0.2) is 42.5 Å². The van der Waals surface area contributed by atoms with Crippen molar-refractivity contribution in [2.24, 2.45) is 0 Å². The molecule has 0 aliphatic carbocycles. The van der Waals surface area contributed by atoms with Crippen molar-refractivity contribution in [3.63, 3.8) is 0 Å². The molecule has 21 heavy (non-hydrogen) atoms. The molecule has 0 amide bonds. The third kappa shape index (κ3) is 4.47. The van der Waals surface area contributed by atoms with Gasteiger partial charge in [0.05, 0.1) is 5.69 Å². The zero-order chi connectivity index (χ0) is 15.2. The SMILES string of the molecule is CCCCc1ccc(C(C)Nc2cc(Cl)ccc2F)cc1. The average Bonchev–Trinajstić information content (AvgIpc) is 2.49. The number of halogens is 2. The molecule has 1 N–H and O–H groups in total.